The van der Waals surface area contributed by atoms with E-state index in [1.54, 1.807) is 24.3 Å². The predicted molar refractivity (Wildman–Crippen MR) is 184 cm³/mol. The Labute approximate surface area is 266 Å². The van der Waals surface area contributed by atoms with Crippen LogP contribution in [0.5, 0.6) is 0 Å². The van der Waals surface area contributed by atoms with Crippen LogP contribution >= 0.6 is 0 Å². The van der Waals surface area contributed by atoms with Crippen LogP contribution in [0.15, 0.2) is 156 Å². The van der Waals surface area contributed by atoms with Gasteiger partial charge in [0.05, 0.1) is 6.85 Å². The third kappa shape index (κ3) is 4.52. The second kappa shape index (κ2) is 10.2. The molecule has 0 atom stereocenters. The van der Waals surface area contributed by atoms with Crippen molar-refractivity contribution in [3.63, 3.8) is 0 Å². The van der Waals surface area contributed by atoms with E-state index in [1.165, 1.54) is 0 Å². The second-order valence-electron chi connectivity index (χ2n) is 11.0. The summed E-state index contributed by atoms with van der Waals surface area (Å²) in [6, 6.07) is 38.1. The molecule has 0 unspecified atom stereocenters. The average molecular weight is 581 g/mol. The molecule has 0 amide bonds. The predicted octanol–water partition coefficient (Wildman–Crippen LogP) is 10.7. The highest BCUT2D eigenvalue weighted by atomic mass is 16.3. The molecule has 0 saturated carbocycles. The van der Waals surface area contributed by atoms with Gasteiger partial charge >= 0.3 is 0 Å². The maximum atomic E-state index is 8.41. The van der Waals surface area contributed by atoms with Crippen molar-refractivity contribution >= 4 is 43.5 Å². The van der Waals surface area contributed by atoms with Crippen molar-refractivity contribution in [2.24, 2.45) is 0 Å². The fraction of sp³-hybridized carbons (Fsp3) is 0. The summed E-state index contributed by atoms with van der Waals surface area (Å²) in [7, 11) is 0. The first-order chi connectivity index (χ1) is 24.3. The molecule has 2 aromatic heterocycles. The minimum absolute atomic E-state index is 0.141. The van der Waals surface area contributed by atoms with Crippen LogP contribution in [-0.2, 0) is 0 Å². The Balaban J connectivity index is 1.19. The summed E-state index contributed by atoms with van der Waals surface area (Å²) in [5.41, 5.74) is 4.46. The molecule has 9 rings (SSSR count). The average Bonchev–Trinajstić information content (AvgIpc) is 3.51. The lowest BCUT2D eigenvalue weighted by Crippen LogP contribution is -2.00. The maximum Gasteiger partial charge on any atom is 0.164 e. The topological polar surface area (TPSA) is 51.8 Å². The van der Waals surface area contributed by atoms with Crippen molar-refractivity contribution < 1.29 is 11.3 Å². The Morgan fingerprint density at radius 3 is 1.67 bits per heavy atom. The summed E-state index contributed by atoms with van der Waals surface area (Å²) in [6.45, 7) is 0. The molecule has 7 aromatic carbocycles. The zero-order chi connectivity index (χ0) is 34.1. The molecule has 0 radical (unpaired) electrons. The highest BCUT2D eigenvalue weighted by Crippen LogP contribution is 2.35. The highest BCUT2D eigenvalue weighted by Gasteiger charge is 2.15. The van der Waals surface area contributed by atoms with Gasteiger partial charge in [0.1, 0.15) is 11.2 Å². The van der Waals surface area contributed by atoms with Gasteiger partial charge in [-0.05, 0) is 63.0 Å². The number of hydrogen-bond acceptors (Lipinski definition) is 4. The van der Waals surface area contributed by atoms with Crippen LogP contribution < -0.4 is 0 Å². The third-order valence-electron chi connectivity index (χ3n) is 8.17. The van der Waals surface area contributed by atoms with Crippen LogP contribution in [0.4, 0.5) is 0 Å². The van der Waals surface area contributed by atoms with Crippen LogP contribution in [0.2, 0.25) is 0 Å². The van der Waals surface area contributed by atoms with Crippen LogP contribution in [0, 0.1) is 0 Å². The van der Waals surface area contributed by atoms with E-state index in [9.17, 15) is 0 Å². The SMILES string of the molecule is [2H]c1c([2H])c([2H])c(-c2ccc(-c3nc(-c4ccc5ccccc5c4)nc(-c4ccc5c(c4)oc4cc6ccccc6cc45)n3)cc2)c([2H])c1[2H]. The number of benzene rings is 7. The van der Waals surface area contributed by atoms with Gasteiger partial charge < -0.3 is 4.42 Å². The molecule has 45 heavy (non-hydrogen) atoms. The molecule has 4 nitrogen and oxygen atoms in total. The first-order valence-electron chi connectivity index (χ1n) is 17.1. The Morgan fingerprint density at radius 2 is 0.933 bits per heavy atom. The third-order valence-corrected chi connectivity index (χ3v) is 8.17. The zero-order valence-corrected chi connectivity index (χ0v) is 23.8. The van der Waals surface area contributed by atoms with Gasteiger partial charge in [-0.1, -0.05) is 121 Å². The summed E-state index contributed by atoms with van der Waals surface area (Å²) in [5, 5.41) is 6.47. The van der Waals surface area contributed by atoms with E-state index in [-0.39, 0.29) is 29.7 Å². The van der Waals surface area contributed by atoms with Crippen molar-refractivity contribution in [1.29, 1.82) is 0 Å². The molecule has 0 spiro atoms. The molecule has 0 fully saturated rings. The van der Waals surface area contributed by atoms with Gasteiger partial charge in [0, 0.05) is 27.5 Å². The fourth-order valence-corrected chi connectivity index (χ4v) is 5.87. The Bertz CT molecular complexity index is 2800. The molecule has 210 valence electrons. The summed E-state index contributed by atoms with van der Waals surface area (Å²) in [5.74, 6) is 1.41. The fourth-order valence-electron chi connectivity index (χ4n) is 5.87. The molecule has 9 aromatic rings. The number of aromatic nitrogens is 3. The lowest BCUT2D eigenvalue weighted by Gasteiger charge is -2.10. The van der Waals surface area contributed by atoms with Crippen LogP contribution in [0.25, 0.3) is 88.8 Å². The van der Waals surface area contributed by atoms with E-state index < -0.39 is 6.04 Å². The Morgan fingerprint density at radius 1 is 0.400 bits per heavy atom. The van der Waals surface area contributed by atoms with Gasteiger partial charge in [-0.2, -0.15) is 0 Å². The van der Waals surface area contributed by atoms with E-state index in [0.29, 0.717) is 28.6 Å². The lowest BCUT2D eigenvalue weighted by atomic mass is 10.0. The van der Waals surface area contributed by atoms with Crippen LogP contribution in [0.3, 0.4) is 0 Å². The zero-order valence-electron chi connectivity index (χ0n) is 28.8. The van der Waals surface area contributed by atoms with Crippen LogP contribution in [0.1, 0.15) is 6.85 Å². The molecular weight excluding hydrogens is 550 g/mol. The summed E-state index contributed by atoms with van der Waals surface area (Å²) >= 11 is 0. The van der Waals surface area contributed by atoms with Gasteiger partial charge in [0.15, 0.2) is 17.5 Å². The van der Waals surface area contributed by atoms with Crippen molar-refractivity contribution in [1.82, 2.24) is 15.0 Å². The van der Waals surface area contributed by atoms with Gasteiger partial charge in [-0.3, -0.25) is 0 Å². The van der Waals surface area contributed by atoms with Crippen molar-refractivity contribution in [2.45, 2.75) is 0 Å². The van der Waals surface area contributed by atoms with Gasteiger partial charge in [-0.15, -0.1) is 0 Å². The smallest absolute Gasteiger partial charge is 0.164 e. The van der Waals surface area contributed by atoms with Gasteiger partial charge in [-0.25, -0.2) is 15.0 Å². The standard InChI is InChI=1S/C41H25N3O/c1-2-8-26(9-3-1)28-14-17-29(18-15-28)39-42-40(33-19-16-27-10-4-5-11-30(27)22-33)44-41(43-39)34-20-21-35-36-23-31-12-6-7-13-32(31)24-38(36)45-37(35)25-34/h1-25H/i1D,2D,3D,8D,9D. The number of fused-ring (bicyclic) bond motifs is 5. The Hall–Kier alpha value is -6.13. The lowest BCUT2D eigenvalue weighted by molar-refractivity contribution is 0.669. The van der Waals surface area contributed by atoms with Crippen molar-refractivity contribution in [3.8, 4) is 45.3 Å². The minimum Gasteiger partial charge on any atom is -0.456 e. The monoisotopic (exact) mass is 580 g/mol. The van der Waals surface area contributed by atoms with Crippen molar-refractivity contribution in [2.75, 3.05) is 0 Å². The quantitative estimate of drug-likeness (QED) is 0.208. The number of furan rings is 1. The molecule has 0 bridgehead atoms. The van der Waals surface area contributed by atoms with E-state index >= 15 is 0 Å². The van der Waals surface area contributed by atoms with Gasteiger partial charge in [0.25, 0.3) is 0 Å². The second-order valence-corrected chi connectivity index (χ2v) is 11.0. The molecular formula is C41H25N3O. The summed E-state index contributed by atoms with van der Waals surface area (Å²) in [6.07, 6.45) is 0. The number of rotatable bonds is 4. The largest absolute Gasteiger partial charge is 0.456 e. The normalized spacial score (nSPS) is 13.1. The molecule has 4 heteroatoms. The van der Waals surface area contributed by atoms with Gasteiger partial charge in [0.2, 0.25) is 0 Å². The number of nitrogens with zero attached hydrogens (tertiary/aromatic N) is 3. The molecule has 0 aliphatic carbocycles. The van der Waals surface area contributed by atoms with E-state index in [4.69, 9.17) is 26.2 Å². The summed E-state index contributed by atoms with van der Waals surface area (Å²) < 4.78 is 47.3. The molecule has 0 saturated heterocycles. The maximum absolute atomic E-state index is 8.41. The van der Waals surface area contributed by atoms with Crippen molar-refractivity contribution in [3.05, 3.63) is 152 Å². The minimum atomic E-state index is -0.423. The van der Waals surface area contributed by atoms with E-state index in [1.807, 2.05) is 54.6 Å². The first kappa shape index (κ1) is 20.7. The molecule has 0 aliphatic heterocycles. The Kier molecular flexibility index (Phi) is 4.72. The first-order valence-corrected chi connectivity index (χ1v) is 14.6. The molecule has 0 aliphatic rings. The molecule has 0 N–H and O–H groups in total. The molecule has 2 heterocycles. The van der Waals surface area contributed by atoms with Crippen LogP contribution in [-0.4, -0.2) is 15.0 Å². The van der Waals surface area contributed by atoms with E-state index in [2.05, 4.69) is 42.5 Å². The van der Waals surface area contributed by atoms with E-state index in [0.717, 1.165) is 54.6 Å². The number of hydrogen-bond donors (Lipinski definition) is 0. The highest BCUT2D eigenvalue weighted by molar-refractivity contribution is 6.10. The summed E-state index contributed by atoms with van der Waals surface area (Å²) in [4.78, 5) is 14.8.